The number of hydrogen-bond acceptors (Lipinski definition) is 4. The summed E-state index contributed by atoms with van der Waals surface area (Å²) >= 11 is 12.1. The minimum Gasteiger partial charge on any atom is -0.486 e. The molecule has 0 unspecified atom stereocenters. The molecule has 1 heterocycles. The van der Waals surface area contributed by atoms with Crippen molar-refractivity contribution in [3.05, 3.63) is 52.0 Å². The van der Waals surface area contributed by atoms with Gasteiger partial charge in [-0.2, -0.15) is 0 Å². The Kier molecular flexibility index (Phi) is 5.33. The van der Waals surface area contributed by atoms with Crippen LogP contribution in [0.2, 0.25) is 10.0 Å². The van der Waals surface area contributed by atoms with E-state index in [1.165, 1.54) is 0 Å². The first-order chi connectivity index (χ1) is 11.6. The number of amides is 1. The summed E-state index contributed by atoms with van der Waals surface area (Å²) in [7, 11) is 0. The Balaban J connectivity index is 1.55. The quantitative estimate of drug-likeness (QED) is 0.878. The third-order valence-corrected chi connectivity index (χ3v) is 3.93. The number of carbonyl (C=O) groups excluding carboxylic acids is 1. The molecule has 2 aromatic rings. The smallest absolute Gasteiger partial charge is 0.258 e. The van der Waals surface area contributed by atoms with Crippen LogP contribution in [0.25, 0.3) is 0 Å². The zero-order valence-electron chi connectivity index (χ0n) is 12.7. The first kappa shape index (κ1) is 16.7. The van der Waals surface area contributed by atoms with E-state index in [0.29, 0.717) is 47.1 Å². The van der Waals surface area contributed by atoms with Gasteiger partial charge in [0.1, 0.15) is 19.0 Å². The van der Waals surface area contributed by atoms with Crippen molar-refractivity contribution in [2.75, 3.05) is 19.8 Å². The molecule has 0 saturated carbocycles. The summed E-state index contributed by atoms with van der Waals surface area (Å²) in [4.78, 5) is 11.9. The first-order valence-electron chi connectivity index (χ1n) is 7.35. The lowest BCUT2D eigenvalue weighted by molar-refractivity contribution is -0.123. The SMILES string of the molecule is O=C(COc1ccccc1Cl)NCc1cc(Cl)c2c(c1)OCCO2. The van der Waals surface area contributed by atoms with Crippen LogP contribution in [0.15, 0.2) is 36.4 Å². The van der Waals surface area contributed by atoms with E-state index >= 15 is 0 Å². The van der Waals surface area contributed by atoms with Crippen LogP contribution in [0.3, 0.4) is 0 Å². The predicted molar refractivity (Wildman–Crippen MR) is 91.2 cm³/mol. The topological polar surface area (TPSA) is 56.8 Å². The fourth-order valence-electron chi connectivity index (χ4n) is 2.22. The van der Waals surface area contributed by atoms with E-state index < -0.39 is 0 Å². The monoisotopic (exact) mass is 367 g/mol. The van der Waals surface area contributed by atoms with Gasteiger partial charge in [-0.15, -0.1) is 0 Å². The molecule has 0 aliphatic carbocycles. The molecule has 0 atom stereocenters. The van der Waals surface area contributed by atoms with E-state index in [9.17, 15) is 4.79 Å². The van der Waals surface area contributed by atoms with Gasteiger partial charge in [-0.25, -0.2) is 0 Å². The molecule has 126 valence electrons. The van der Waals surface area contributed by atoms with E-state index in [4.69, 9.17) is 37.4 Å². The summed E-state index contributed by atoms with van der Waals surface area (Å²) in [6.45, 7) is 1.14. The molecule has 0 spiro atoms. The minimum absolute atomic E-state index is 0.123. The van der Waals surface area contributed by atoms with Crippen LogP contribution in [0.5, 0.6) is 17.2 Å². The lowest BCUT2D eigenvalue weighted by Gasteiger charge is -2.20. The summed E-state index contributed by atoms with van der Waals surface area (Å²) in [5.41, 5.74) is 0.815. The number of fused-ring (bicyclic) bond motifs is 1. The van der Waals surface area contributed by atoms with Crippen LogP contribution in [0.4, 0.5) is 0 Å². The van der Waals surface area contributed by atoms with Gasteiger partial charge in [0.25, 0.3) is 5.91 Å². The van der Waals surface area contributed by atoms with Crippen LogP contribution in [0.1, 0.15) is 5.56 Å². The second kappa shape index (κ2) is 7.64. The number of rotatable bonds is 5. The average molecular weight is 368 g/mol. The van der Waals surface area contributed by atoms with Crippen molar-refractivity contribution in [3.63, 3.8) is 0 Å². The first-order valence-corrected chi connectivity index (χ1v) is 8.11. The molecule has 1 N–H and O–H groups in total. The summed E-state index contributed by atoms with van der Waals surface area (Å²) < 4.78 is 16.4. The summed E-state index contributed by atoms with van der Waals surface area (Å²) in [5, 5.41) is 3.68. The third kappa shape index (κ3) is 4.04. The van der Waals surface area contributed by atoms with Gasteiger partial charge in [-0.3, -0.25) is 4.79 Å². The molecule has 0 aromatic heterocycles. The van der Waals surface area contributed by atoms with Gasteiger partial charge in [-0.05, 0) is 29.8 Å². The minimum atomic E-state index is -0.263. The van der Waals surface area contributed by atoms with Crippen LogP contribution in [-0.4, -0.2) is 25.7 Å². The fraction of sp³-hybridized carbons (Fsp3) is 0.235. The Bertz CT molecular complexity index is 751. The highest BCUT2D eigenvalue weighted by atomic mass is 35.5. The zero-order valence-corrected chi connectivity index (χ0v) is 14.2. The summed E-state index contributed by atoms with van der Waals surface area (Å²) in [6.07, 6.45) is 0. The van der Waals surface area contributed by atoms with Crippen LogP contribution in [-0.2, 0) is 11.3 Å². The van der Waals surface area contributed by atoms with E-state index in [-0.39, 0.29) is 12.5 Å². The molecule has 0 radical (unpaired) electrons. The molecule has 5 nitrogen and oxygen atoms in total. The second-order valence-electron chi connectivity index (χ2n) is 5.10. The van der Waals surface area contributed by atoms with Crippen LogP contribution in [0, 0.1) is 0 Å². The Morgan fingerprint density at radius 3 is 2.75 bits per heavy atom. The molecule has 0 fully saturated rings. The van der Waals surface area contributed by atoms with Gasteiger partial charge < -0.3 is 19.5 Å². The van der Waals surface area contributed by atoms with E-state index in [1.807, 2.05) is 0 Å². The van der Waals surface area contributed by atoms with Crippen molar-refractivity contribution in [2.45, 2.75) is 6.54 Å². The van der Waals surface area contributed by atoms with Gasteiger partial charge in [0.15, 0.2) is 18.1 Å². The van der Waals surface area contributed by atoms with Gasteiger partial charge in [0, 0.05) is 6.54 Å². The highest BCUT2D eigenvalue weighted by Crippen LogP contribution is 2.38. The number of ether oxygens (including phenoxy) is 3. The summed E-state index contributed by atoms with van der Waals surface area (Å²) in [6, 6.07) is 10.5. The number of benzene rings is 2. The number of halogens is 2. The van der Waals surface area contributed by atoms with Crippen molar-refractivity contribution in [1.29, 1.82) is 0 Å². The second-order valence-corrected chi connectivity index (χ2v) is 5.91. The zero-order chi connectivity index (χ0) is 16.9. The van der Waals surface area contributed by atoms with Crippen LogP contribution >= 0.6 is 23.2 Å². The molecular weight excluding hydrogens is 353 g/mol. The summed E-state index contributed by atoms with van der Waals surface area (Å²) in [5.74, 6) is 1.34. The Morgan fingerprint density at radius 2 is 1.92 bits per heavy atom. The number of nitrogens with one attached hydrogen (secondary N) is 1. The predicted octanol–water partition coefficient (Wildman–Crippen LogP) is 3.46. The molecule has 1 amide bonds. The van der Waals surface area contributed by atoms with E-state index in [0.717, 1.165) is 5.56 Å². The molecule has 0 saturated heterocycles. The van der Waals surface area contributed by atoms with Crippen LogP contribution < -0.4 is 19.5 Å². The van der Waals surface area contributed by atoms with Crippen molar-refractivity contribution in [1.82, 2.24) is 5.32 Å². The van der Waals surface area contributed by atoms with Crippen molar-refractivity contribution < 1.29 is 19.0 Å². The molecular formula is C17H15Cl2NO4. The Hall–Kier alpha value is -2.11. The van der Waals surface area contributed by atoms with Crippen molar-refractivity contribution in [2.24, 2.45) is 0 Å². The maximum absolute atomic E-state index is 11.9. The lowest BCUT2D eigenvalue weighted by Crippen LogP contribution is -2.28. The highest BCUT2D eigenvalue weighted by Gasteiger charge is 2.17. The standard InChI is InChI=1S/C17H15Cl2NO4/c18-12-3-1-2-4-14(12)24-10-16(21)20-9-11-7-13(19)17-15(8-11)22-5-6-23-17/h1-4,7-8H,5-6,9-10H2,(H,20,21). The molecule has 24 heavy (non-hydrogen) atoms. The van der Waals surface area contributed by atoms with E-state index in [2.05, 4.69) is 5.32 Å². The van der Waals surface area contributed by atoms with E-state index in [1.54, 1.807) is 36.4 Å². The van der Waals surface area contributed by atoms with Crippen molar-refractivity contribution >= 4 is 29.1 Å². The maximum atomic E-state index is 11.9. The number of carbonyl (C=O) groups is 1. The third-order valence-electron chi connectivity index (χ3n) is 3.34. The molecule has 1 aliphatic rings. The maximum Gasteiger partial charge on any atom is 0.258 e. The van der Waals surface area contributed by atoms with Gasteiger partial charge in [-0.1, -0.05) is 35.3 Å². The molecule has 3 rings (SSSR count). The molecule has 7 heteroatoms. The fourth-order valence-corrected chi connectivity index (χ4v) is 2.70. The molecule has 1 aliphatic heterocycles. The molecule has 2 aromatic carbocycles. The normalized spacial score (nSPS) is 12.6. The van der Waals surface area contributed by atoms with Gasteiger partial charge in [0.2, 0.25) is 0 Å². The highest BCUT2D eigenvalue weighted by molar-refractivity contribution is 6.32. The van der Waals surface area contributed by atoms with Gasteiger partial charge in [0.05, 0.1) is 10.0 Å². The Labute approximate surface area is 149 Å². The number of para-hydroxylation sites is 1. The van der Waals surface area contributed by atoms with Crippen molar-refractivity contribution in [3.8, 4) is 17.2 Å². The lowest BCUT2D eigenvalue weighted by atomic mass is 10.2. The van der Waals surface area contributed by atoms with Gasteiger partial charge >= 0.3 is 0 Å². The average Bonchev–Trinajstić information content (AvgIpc) is 2.59. The molecule has 0 bridgehead atoms. The largest absolute Gasteiger partial charge is 0.486 e. The Morgan fingerprint density at radius 1 is 1.12 bits per heavy atom. The number of hydrogen-bond donors (Lipinski definition) is 1.